The highest BCUT2D eigenvalue weighted by atomic mass is 16.5. The third kappa shape index (κ3) is 4.50. The van der Waals surface area contributed by atoms with Gasteiger partial charge in [-0.1, -0.05) is 43.3 Å². The fraction of sp³-hybridized carbons (Fsp3) is 0.333. The first kappa shape index (κ1) is 20.6. The highest BCUT2D eigenvalue weighted by Gasteiger charge is 2.39. The summed E-state index contributed by atoms with van der Waals surface area (Å²) in [7, 11) is 1.52. The predicted molar refractivity (Wildman–Crippen MR) is 113 cm³/mol. The molecule has 0 atom stereocenters. The summed E-state index contributed by atoms with van der Waals surface area (Å²) in [6.07, 6.45) is 2.52. The van der Waals surface area contributed by atoms with Crippen LogP contribution in [0.4, 0.5) is 0 Å². The van der Waals surface area contributed by atoms with Crippen molar-refractivity contribution in [3.63, 3.8) is 0 Å². The van der Waals surface area contributed by atoms with Gasteiger partial charge in [-0.25, -0.2) is 4.79 Å². The topological polar surface area (TPSA) is 58.8 Å². The van der Waals surface area contributed by atoms with E-state index in [9.17, 15) is 10.0 Å². The van der Waals surface area contributed by atoms with E-state index in [-0.39, 0.29) is 6.61 Å². The van der Waals surface area contributed by atoms with Crippen LogP contribution in [0.25, 0.3) is 5.57 Å². The summed E-state index contributed by atoms with van der Waals surface area (Å²) in [5, 5.41) is 10.2. The maximum absolute atomic E-state index is 12.6. The lowest BCUT2D eigenvalue weighted by Crippen LogP contribution is -2.22. The van der Waals surface area contributed by atoms with Gasteiger partial charge < -0.3 is 9.47 Å². The summed E-state index contributed by atoms with van der Waals surface area (Å²) in [6, 6.07) is 16.1. The van der Waals surface area contributed by atoms with Crippen molar-refractivity contribution in [3.05, 3.63) is 70.8 Å². The van der Waals surface area contributed by atoms with Gasteiger partial charge in [0.05, 0.1) is 18.8 Å². The second-order valence-electron chi connectivity index (χ2n) is 6.94. The maximum Gasteiger partial charge on any atom is 0.345 e. The molecule has 0 heterocycles. The first-order chi connectivity index (χ1) is 14.1. The van der Waals surface area contributed by atoms with Crippen molar-refractivity contribution >= 4 is 17.3 Å². The van der Waals surface area contributed by atoms with Gasteiger partial charge in [0.25, 0.3) is 5.71 Å². The number of hydrogen-bond acceptors (Lipinski definition) is 4. The number of nitrogens with zero attached hydrogens (tertiary/aromatic N) is 1. The Morgan fingerprint density at radius 3 is 2.48 bits per heavy atom. The number of ether oxygens (including phenoxy) is 2. The van der Waals surface area contributed by atoms with Crippen LogP contribution in [-0.2, 0) is 16.0 Å². The number of hydroxylamine groups is 1. The molecule has 0 saturated carbocycles. The lowest BCUT2D eigenvalue weighted by atomic mass is 10.0. The van der Waals surface area contributed by atoms with Gasteiger partial charge in [0.15, 0.2) is 7.05 Å². The molecule has 1 aliphatic carbocycles. The molecule has 0 radical (unpaired) electrons. The zero-order valence-electron chi connectivity index (χ0n) is 17.3. The van der Waals surface area contributed by atoms with Crippen molar-refractivity contribution in [2.75, 3.05) is 20.3 Å². The highest BCUT2D eigenvalue weighted by molar-refractivity contribution is 6.33. The molecule has 2 aromatic rings. The van der Waals surface area contributed by atoms with Gasteiger partial charge in [0.2, 0.25) is 0 Å². The Labute approximate surface area is 171 Å². The third-order valence-corrected chi connectivity index (χ3v) is 4.99. The van der Waals surface area contributed by atoms with E-state index >= 15 is 0 Å². The molecule has 0 spiro atoms. The molecular weight excluding hydrogens is 366 g/mol. The number of carbonyl (C=O) groups is 1. The first-order valence-electron chi connectivity index (χ1n) is 10.1. The summed E-state index contributed by atoms with van der Waals surface area (Å²) in [4.78, 5) is 12.6. The van der Waals surface area contributed by atoms with E-state index in [0.717, 1.165) is 40.0 Å². The summed E-state index contributed by atoms with van der Waals surface area (Å²) >= 11 is 0. The molecule has 0 bridgehead atoms. The fourth-order valence-corrected chi connectivity index (χ4v) is 3.72. The second-order valence-corrected chi connectivity index (χ2v) is 6.94. The zero-order chi connectivity index (χ0) is 20.8. The van der Waals surface area contributed by atoms with E-state index in [1.165, 1.54) is 12.6 Å². The van der Waals surface area contributed by atoms with Crippen molar-refractivity contribution in [3.8, 4) is 5.75 Å². The number of esters is 1. The van der Waals surface area contributed by atoms with Crippen LogP contribution in [0.15, 0.2) is 54.1 Å². The van der Waals surface area contributed by atoms with Gasteiger partial charge in [0, 0.05) is 0 Å². The van der Waals surface area contributed by atoms with E-state index in [2.05, 4.69) is 12.1 Å². The van der Waals surface area contributed by atoms with Crippen molar-refractivity contribution < 1.29 is 24.2 Å². The quantitative estimate of drug-likeness (QED) is 0.239. The first-order valence-corrected chi connectivity index (χ1v) is 10.1. The van der Waals surface area contributed by atoms with Crippen LogP contribution in [0.1, 0.15) is 43.4 Å². The number of benzene rings is 2. The van der Waals surface area contributed by atoms with E-state index in [1.54, 1.807) is 6.92 Å². The van der Waals surface area contributed by atoms with Crippen LogP contribution in [0.2, 0.25) is 0 Å². The molecule has 152 valence electrons. The summed E-state index contributed by atoms with van der Waals surface area (Å²) < 4.78 is 12.2. The predicted octanol–water partition coefficient (Wildman–Crippen LogP) is 4.26. The largest absolute Gasteiger partial charge is 0.494 e. The maximum atomic E-state index is 12.6. The van der Waals surface area contributed by atoms with Crippen LogP contribution in [0.5, 0.6) is 5.75 Å². The zero-order valence-corrected chi connectivity index (χ0v) is 17.3. The number of hydrogen-bond donors (Lipinski definition) is 1. The minimum absolute atomic E-state index is 0.286. The molecule has 1 N–H and O–H groups in total. The van der Waals surface area contributed by atoms with Crippen molar-refractivity contribution in [1.82, 2.24) is 0 Å². The number of aryl methyl sites for hydroxylation is 1. The number of fused-ring (bicyclic) bond motifs is 1. The Morgan fingerprint density at radius 2 is 1.83 bits per heavy atom. The van der Waals surface area contributed by atoms with Gasteiger partial charge in [-0.15, -0.1) is 0 Å². The molecule has 5 heteroatoms. The Bertz CT molecular complexity index is 941. The van der Waals surface area contributed by atoms with Crippen LogP contribution < -0.4 is 4.74 Å². The minimum atomic E-state index is -0.415. The fourth-order valence-electron chi connectivity index (χ4n) is 3.72. The number of rotatable bonds is 8. The lowest BCUT2D eigenvalue weighted by Gasteiger charge is -2.09. The average molecular weight is 394 g/mol. The summed E-state index contributed by atoms with van der Waals surface area (Å²) in [5.41, 5.74) is 4.78. The minimum Gasteiger partial charge on any atom is -0.494 e. The van der Waals surface area contributed by atoms with Crippen LogP contribution >= 0.6 is 0 Å². The van der Waals surface area contributed by atoms with E-state index in [0.29, 0.717) is 24.3 Å². The smallest absolute Gasteiger partial charge is 0.345 e. The second kappa shape index (κ2) is 9.41. The van der Waals surface area contributed by atoms with Crippen molar-refractivity contribution in [2.24, 2.45) is 0 Å². The molecule has 0 aromatic heterocycles. The molecule has 0 fully saturated rings. The molecule has 0 amide bonds. The molecule has 0 saturated heterocycles. The van der Waals surface area contributed by atoms with E-state index < -0.39 is 5.97 Å². The van der Waals surface area contributed by atoms with Crippen LogP contribution in [0, 0.1) is 0 Å². The molecule has 2 aromatic carbocycles. The monoisotopic (exact) mass is 394 g/mol. The van der Waals surface area contributed by atoms with Crippen molar-refractivity contribution in [1.29, 1.82) is 0 Å². The van der Waals surface area contributed by atoms with Crippen LogP contribution in [-0.4, -0.2) is 41.9 Å². The van der Waals surface area contributed by atoms with Gasteiger partial charge in [-0.3, -0.25) is 5.21 Å². The number of allylic oxidation sites excluding steroid dienone is 1. The Kier molecular flexibility index (Phi) is 6.70. The molecular formula is C24H28NO4+. The molecule has 29 heavy (non-hydrogen) atoms. The molecule has 1 aliphatic rings. The Hall–Kier alpha value is -3.08. The average Bonchev–Trinajstić information content (AvgIpc) is 3.06. The van der Waals surface area contributed by atoms with Crippen molar-refractivity contribution in [2.45, 2.75) is 33.1 Å². The van der Waals surface area contributed by atoms with E-state index in [1.807, 2.05) is 43.3 Å². The highest BCUT2D eigenvalue weighted by Crippen LogP contribution is 2.37. The summed E-state index contributed by atoms with van der Waals surface area (Å²) in [5.74, 6) is 0.304. The normalized spacial score (nSPS) is 14.6. The Balaban J connectivity index is 1.78. The Morgan fingerprint density at radius 1 is 1.07 bits per heavy atom. The SMILES string of the molecule is CCOC(=O)C1=C(CC)c2ccc(OCCCc3ccccc3)cc2/C1=[N+](/C)O. The summed E-state index contributed by atoms with van der Waals surface area (Å²) in [6.45, 7) is 4.65. The lowest BCUT2D eigenvalue weighted by molar-refractivity contribution is -0.753. The van der Waals surface area contributed by atoms with Crippen LogP contribution in [0.3, 0.4) is 0 Å². The van der Waals surface area contributed by atoms with Gasteiger partial charge in [0.1, 0.15) is 11.3 Å². The standard InChI is InChI=1S/C24H28NO4/c1-4-19-20-14-13-18(29-15-9-12-17-10-7-6-8-11-17)16-21(20)23(25(3)27)22(19)24(26)28-5-2/h6-8,10-11,13-14,16,27H,4-5,9,12,15H2,1-3H3/q+1/b25-23+. The number of carbonyl (C=O) groups excluding carboxylic acids is 1. The van der Waals surface area contributed by atoms with Gasteiger partial charge in [-0.2, -0.15) is 0 Å². The van der Waals surface area contributed by atoms with E-state index in [4.69, 9.17) is 9.47 Å². The van der Waals surface area contributed by atoms with Gasteiger partial charge >= 0.3 is 5.97 Å². The molecule has 5 nitrogen and oxygen atoms in total. The third-order valence-electron chi connectivity index (χ3n) is 4.99. The molecule has 0 aliphatic heterocycles. The molecule has 0 unspecified atom stereocenters. The molecule has 3 rings (SSSR count). The van der Waals surface area contributed by atoms with Gasteiger partial charge in [-0.05, 0) is 59.8 Å².